The summed E-state index contributed by atoms with van der Waals surface area (Å²) in [5.41, 5.74) is 0.179. The number of aliphatic imine (C=N–C) groups is 1. The largest absolute Gasteiger partial charge is 0.481 e. The zero-order chi connectivity index (χ0) is 25.4. The van der Waals surface area contributed by atoms with Gasteiger partial charge >= 0.3 is 11.7 Å². The number of hydrogen-bond donors (Lipinski definition) is 2. The molecule has 35 heavy (non-hydrogen) atoms. The summed E-state index contributed by atoms with van der Waals surface area (Å²) < 4.78 is 7.76. The Morgan fingerprint density at radius 1 is 1.14 bits per heavy atom. The molecule has 0 fully saturated rings. The van der Waals surface area contributed by atoms with Gasteiger partial charge in [-0.05, 0) is 48.9 Å². The van der Waals surface area contributed by atoms with Crippen molar-refractivity contribution >= 4 is 35.3 Å². The van der Waals surface area contributed by atoms with Gasteiger partial charge in [-0.1, -0.05) is 30.7 Å². The molecule has 0 spiro atoms. The summed E-state index contributed by atoms with van der Waals surface area (Å²) >= 11 is 5.97. The summed E-state index contributed by atoms with van der Waals surface area (Å²) in [7, 11) is 0. The second-order valence-corrected chi connectivity index (χ2v) is 8.11. The first kappa shape index (κ1) is 25.5. The van der Waals surface area contributed by atoms with Crippen molar-refractivity contribution in [1.82, 2.24) is 9.13 Å². The van der Waals surface area contributed by atoms with Gasteiger partial charge < -0.3 is 15.2 Å². The van der Waals surface area contributed by atoms with E-state index in [1.54, 1.807) is 61.7 Å². The second-order valence-electron chi connectivity index (χ2n) is 7.67. The number of carbonyl (C=O) groups is 1. The highest BCUT2D eigenvalue weighted by Gasteiger charge is 2.18. The van der Waals surface area contributed by atoms with Crippen LogP contribution < -0.4 is 21.3 Å². The third-order valence-corrected chi connectivity index (χ3v) is 5.29. The van der Waals surface area contributed by atoms with Crippen LogP contribution >= 0.6 is 11.6 Å². The lowest BCUT2D eigenvalue weighted by Gasteiger charge is -2.18. The molecule has 0 aliphatic carbocycles. The minimum atomic E-state index is -1.10. The molecule has 3 rings (SSSR count). The van der Waals surface area contributed by atoms with Crippen molar-refractivity contribution in [3.8, 4) is 5.75 Å². The monoisotopic (exact) mass is 496 g/mol. The summed E-state index contributed by atoms with van der Waals surface area (Å²) in [5.74, 6) is -1.16. The van der Waals surface area contributed by atoms with Crippen LogP contribution in [0, 0.1) is 5.92 Å². The van der Waals surface area contributed by atoms with Gasteiger partial charge in [0.2, 0.25) is 0 Å². The van der Waals surface area contributed by atoms with Crippen LogP contribution in [0.1, 0.15) is 19.4 Å². The predicted octanol–water partition coefficient (Wildman–Crippen LogP) is 4.12. The van der Waals surface area contributed by atoms with Gasteiger partial charge in [0.25, 0.3) is 5.56 Å². The molecule has 3 aromatic rings. The molecule has 1 heterocycles. The van der Waals surface area contributed by atoms with Crippen molar-refractivity contribution in [1.29, 1.82) is 0 Å². The van der Waals surface area contributed by atoms with Gasteiger partial charge in [-0.25, -0.2) is 4.79 Å². The van der Waals surface area contributed by atoms with E-state index in [4.69, 9.17) is 16.3 Å². The van der Waals surface area contributed by atoms with Crippen molar-refractivity contribution in [2.45, 2.75) is 26.9 Å². The van der Waals surface area contributed by atoms with E-state index in [1.165, 1.54) is 30.0 Å². The Balaban J connectivity index is 1.96. The Kier molecular flexibility index (Phi) is 8.63. The van der Waals surface area contributed by atoms with Crippen molar-refractivity contribution in [2.75, 3.05) is 5.32 Å². The smallest absolute Gasteiger partial charge is 0.332 e. The number of carboxylic acids is 1. The van der Waals surface area contributed by atoms with Crippen molar-refractivity contribution in [3.63, 3.8) is 0 Å². The van der Waals surface area contributed by atoms with Crippen LogP contribution in [0.2, 0.25) is 5.02 Å². The molecule has 0 aliphatic heterocycles. The Bertz CT molecular complexity index is 1340. The molecule has 9 nitrogen and oxygen atoms in total. The number of nitrogens with zero attached hydrogens (tertiary/aromatic N) is 3. The van der Waals surface area contributed by atoms with Gasteiger partial charge in [0, 0.05) is 29.5 Å². The third kappa shape index (κ3) is 6.94. The Labute approximate surface area is 206 Å². The Morgan fingerprint density at radius 3 is 2.46 bits per heavy atom. The molecule has 0 saturated heterocycles. The highest BCUT2D eigenvalue weighted by molar-refractivity contribution is 6.30. The van der Waals surface area contributed by atoms with Gasteiger partial charge in [0.05, 0.1) is 18.7 Å². The molecule has 0 saturated carbocycles. The first-order valence-corrected chi connectivity index (χ1v) is 11.1. The molecule has 0 aliphatic rings. The van der Waals surface area contributed by atoms with Crippen LogP contribution in [0.15, 0.2) is 81.6 Å². The maximum Gasteiger partial charge on any atom is 0.332 e. The standard InChI is InChI=1S/C25H25ClN4O5/c1-3-27-12-13-35-21-10-8-20(9-11-21)28-22-14-23(31)30(15-17(2)24(32)33)25(34)29(22)16-18-4-6-19(26)7-5-18/h3-14,17,28H,15-16H2,1-2H3,(H,32,33)/b13-12+,27-3?/t17-/m0/s1. The fourth-order valence-electron chi connectivity index (χ4n) is 3.16. The van der Waals surface area contributed by atoms with Gasteiger partial charge in [0.15, 0.2) is 0 Å². The maximum absolute atomic E-state index is 13.3. The molecular formula is C25H25ClN4O5. The quantitative estimate of drug-likeness (QED) is 0.322. The number of benzene rings is 2. The lowest BCUT2D eigenvalue weighted by atomic mass is 10.2. The van der Waals surface area contributed by atoms with Crippen LogP contribution in [0.5, 0.6) is 5.75 Å². The molecule has 0 bridgehead atoms. The first-order valence-electron chi connectivity index (χ1n) is 10.8. The minimum absolute atomic E-state index is 0.143. The molecule has 1 atom stereocenters. The Hall–Kier alpha value is -4.11. The molecule has 0 amide bonds. The van der Waals surface area contributed by atoms with Crippen LogP contribution in [0.3, 0.4) is 0 Å². The molecular weight excluding hydrogens is 472 g/mol. The number of nitrogens with one attached hydrogen (secondary N) is 1. The zero-order valence-corrected chi connectivity index (χ0v) is 20.0. The lowest BCUT2D eigenvalue weighted by Crippen LogP contribution is -2.42. The van der Waals surface area contributed by atoms with Gasteiger partial charge in [-0.3, -0.25) is 23.7 Å². The van der Waals surface area contributed by atoms with E-state index >= 15 is 0 Å². The van der Waals surface area contributed by atoms with Crippen LogP contribution in [-0.2, 0) is 17.9 Å². The van der Waals surface area contributed by atoms with Crippen molar-refractivity contribution in [2.24, 2.45) is 10.9 Å². The number of aromatic nitrogens is 2. The molecule has 10 heteroatoms. The highest BCUT2D eigenvalue weighted by Crippen LogP contribution is 2.20. The van der Waals surface area contributed by atoms with E-state index in [9.17, 15) is 19.5 Å². The van der Waals surface area contributed by atoms with Gasteiger partial charge in [-0.2, -0.15) is 0 Å². The number of ether oxygens (including phenoxy) is 1. The van der Waals surface area contributed by atoms with E-state index in [1.807, 2.05) is 0 Å². The molecule has 2 aromatic carbocycles. The van der Waals surface area contributed by atoms with Gasteiger partial charge in [-0.15, -0.1) is 0 Å². The normalized spacial score (nSPS) is 12.2. The average Bonchev–Trinajstić information content (AvgIpc) is 2.84. The number of rotatable bonds is 10. The molecule has 2 N–H and O–H groups in total. The second kappa shape index (κ2) is 11.8. The first-order chi connectivity index (χ1) is 16.8. The number of carboxylic acid groups (broad SMARTS) is 1. The molecule has 182 valence electrons. The summed E-state index contributed by atoms with van der Waals surface area (Å²) in [6.45, 7) is 3.14. The fourth-order valence-corrected chi connectivity index (χ4v) is 3.29. The fraction of sp³-hybridized carbons (Fsp3) is 0.200. The van der Waals surface area contributed by atoms with Crippen LogP contribution in [-0.4, -0.2) is 26.4 Å². The minimum Gasteiger partial charge on any atom is -0.481 e. The number of aliphatic carboxylic acids is 1. The summed E-state index contributed by atoms with van der Waals surface area (Å²) in [6.07, 6.45) is 4.60. The molecule has 0 unspecified atom stereocenters. The topological polar surface area (TPSA) is 115 Å². The maximum atomic E-state index is 13.3. The van der Waals surface area contributed by atoms with E-state index in [-0.39, 0.29) is 18.9 Å². The van der Waals surface area contributed by atoms with E-state index < -0.39 is 23.1 Å². The summed E-state index contributed by atoms with van der Waals surface area (Å²) in [6, 6.07) is 15.2. The molecule has 0 radical (unpaired) electrons. The third-order valence-electron chi connectivity index (χ3n) is 5.04. The SMILES string of the molecule is CC=N/C=C/Oc1ccc(Nc2cc(=O)n(C[C@H](C)C(=O)O)c(=O)n2Cc2ccc(Cl)cc2)cc1. The number of hydrogen-bond acceptors (Lipinski definition) is 6. The summed E-state index contributed by atoms with van der Waals surface area (Å²) in [4.78, 5) is 41.2. The van der Waals surface area contributed by atoms with Crippen LogP contribution in [0.4, 0.5) is 11.5 Å². The predicted molar refractivity (Wildman–Crippen MR) is 136 cm³/mol. The van der Waals surface area contributed by atoms with E-state index in [0.29, 0.717) is 16.5 Å². The average molecular weight is 497 g/mol. The number of anilines is 2. The van der Waals surface area contributed by atoms with Crippen molar-refractivity contribution < 1.29 is 14.6 Å². The lowest BCUT2D eigenvalue weighted by molar-refractivity contribution is -0.141. The van der Waals surface area contributed by atoms with E-state index in [0.717, 1.165) is 10.1 Å². The zero-order valence-electron chi connectivity index (χ0n) is 19.2. The Morgan fingerprint density at radius 2 is 1.83 bits per heavy atom. The number of halogens is 1. The van der Waals surface area contributed by atoms with Gasteiger partial charge in [0.1, 0.15) is 17.8 Å². The van der Waals surface area contributed by atoms with E-state index in [2.05, 4.69) is 10.3 Å². The summed E-state index contributed by atoms with van der Waals surface area (Å²) in [5, 5.41) is 12.9. The van der Waals surface area contributed by atoms with Crippen molar-refractivity contribution in [3.05, 3.63) is 98.5 Å². The molecule has 1 aromatic heterocycles. The van der Waals surface area contributed by atoms with Crippen LogP contribution in [0.25, 0.3) is 0 Å². The highest BCUT2D eigenvalue weighted by atomic mass is 35.5.